The van der Waals surface area contributed by atoms with E-state index in [1.807, 2.05) is 0 Å². The molecule has 4 aromatic rings. The molecule has 0 saturated carbocycles. The van der Waals surface area contributed by atoms with Crippen LogP contribution in [0.5, 0.6) is 0 Å². The van der Waals surface area contributed by atoms with Gasteiger partial charge in [0.2, 0.25) is 0 Å². The number of carboxylic acids is 1. The maximum Gasteiger partial charge on any atom is 0.335 e. The van der Waals surface area contributed by atoms with Gasteiger partial charge in [0.1, 0.15) is 0 Å². The van der Waals surface area contributed by atoms with Crippen molar-refractivity contribution in [2.75, 3.05) is 0 Å². The molecular weight excluding hydrogens is 284 g/mol. The molecule has 0 amide bonds. The third kappa shape index (κ3) is 3.38. The van der Waals surface area contributed by atoms with Gasteiger partial charge in [-0.1, -0.05) is 78.9 Å². The van der Waals surface area contributed by atoms with E-state index in [-0.39, 0.29) is 0 Å². The Morgan fingerprint density at radius 3 is 1.43 bits per heavy atom. The highest BCUT2D eigenvalue weighted by atomic mass is 16.4. The van der Waals surface area contributed by atoms with Gasteiger partial charge in [-0.3, -0.25) is 0 Å². The highest BCUT2D eigenvalue weighted by Gasteiger charge is 1.97. The fraction of sp³-hybridized carbons (Fsp3) is 0. The van der Waals surface area contributed by atoms with E-state index in [2.05, 4.69) is 60.7 Å². The molecule has 0 saturated heterocycles. The van der Waals surface area contributed by atoms with Gasteiger partial charge in [0.25, 0.3) is 0 Å². The maximum absolute atomic E-state index is 10.2. The van der Waals surface area contributed by atoms with E-state index in [0.717, 1.165) is 0 Å². The van der Waals surface area contributed by atoms with Crippen molar-refractivity contribution in [1.29, 1.82) is 0 Å². The number of carboxylic acid groups (broad SMARTS) is 1. The Bertz CT molecular complexity index is 888. The normalized spacial score (nSPS) is 10.1. The Hall–Kier alpha value is -3.13. The van der Waals surface area contributed by atoms with E-state index in [1.165, 1.54) is 21.5 Å². The molecule has 0 spiro atoms. The summed E-state index contributed by atoms with van der Waals surface area (Å²) in [5, 5.41) is 13.7. The van der Waals surface area contributed by atoms with Crippen molar-refractivity contribution in [1.82, 2.24) is 0 Å². The zero-order valence-electron chi connectivity index (χ0n) is 12.5. The van der Waals surface area contributed by atoms with Crippen molar-refractivity contribution in [2.24, 2.45) is 0 Å². The molecule has 0 fully saturated rings. The molecule has 2 heteroatoms. The Balaban J connectivity index is 0.000000151. The molecule has 0 radical (unpaired) electrons. The van der Waals surface area contributed by atoms with Crippen molar-refractivity contribution >= 4 is 27.5 Å². The molecule has 0 aliphatic heterocycles. The van der Waals surface area contributed by atoms with Crippen LogP contribution in [0.3, 0.4) is 0 Å². The second-order valence-corrected chi connectivity index (χ2v) is 5.18. The Labute approximate surface area is 134 Å². The Kier molecular flexibility index (Phi) is 4.34. The summed E-state index contributed by atoms with van der Waals surface area (Å²) in [7, 11) is 0. The first-order valence-electron chi connectivity index (χ1n) is 7.40. The molecule has 0 atom stereocenters. The molecule has 0 unspecified atom stereocenters. The number of fused-ring (bicyclic) bond motifs is 3. The molecule has 0 heterocycles. The molecule has 0 aliphatic rings. The van der Waals surface area contributed by atoms with E-state index < -0.39 is 5.97 Å². The van der Waals surface area contributed by atoms with Crippen LogP contribution in [0.15, 0.2) is 91.0 Å². The molecule has 2 nitrogen and oxygen atoms in total. The van der Waals surface area contributed by atoms with Gasteiger partial charge >= 0.3 is 5.97 Å². The summed E-state index contributed by atoms with van der Waals surface area (Å²) in [4.78, 5) is 10.2. The monoisotopic (exact) mass is 300 g/mol. The summed E-state index contributed by atoms with van der Waals surface area (Å²) in [5.41, 5.74) is 0.331. The lowest BCUT2D eigenvalue weighted by Gasteiger charge is -2.02. The minimum absolute atomic E-state index is 0.331. The van der Waals surface area contributed by atoms with Crippen molar-refractivity contribution < 1.29 is 9.90 Å². The predicted octanol–water partition coefficient (Wildman–Crippen LogP) is 5.38. The second kappa shape index (κ2) is 6.75. The van der Waals surface area contributed by atoms with Crippen LogP contribution in [0.2, 0.25) is 0 Å². The number of aromatic carboxylic acids is 1. The molecule has 0 aromatic heterocycles. The van der Waals surface area contributed by atoms with E-state index in [4.69, 9.17) is 5.11 Å². The number of hydrogen-bond donors (Lipinski definition) is 1. The van der Waals surface area contributed by atoms with Crippen molar-refractivity contribution in [3.05, 3.63) is 96.6 Å². The SMILES string of the molecule is O=C(O)c1ccccc1.c1ccc2c(c1)ccc1ccccc12. The van der Waals surface area contributed by atoms with Gasteiger partial charge in [-0.2, -0.15) is 0 Å². The number of rotatable bonds is 1. The Morgan fingerprint density at radius 2 is 1.00 bits per heavy atom. The minimum Gasteiger partial charge on any atom is -0.478 e. The summed E-state index contributed by atoms with van der Waals surface area (Å²) in [6.45, 7) is 0. The van der Waals surface area contributed by atoms with Crippen molar-refractivity contribution in [3.8, 4) is 0 Å². The van der Waals surface area contributed by atoms with Gasteiger partial charge in [-0.15, -0.1) is 0 Å². The van der Waals surface area contributed by atoms with Gasteiger partial charge in [0.05, 0.1) is 5.56 Å². The van der Waals surface area contributed by atoms with E-state index in [0.29, 0.717) is 5.56 Å². The molecule has 0 aliphatic carbocycles. The zero-order valence-corrected chi connectivity index (χ0v) is 12.5. The molecular formula is C21H16O2. The van der Waals surface area contributed by atoms with Crippen LogP contribution in [-0.2, 0) is 0 Å². The number of hydrogen-bond acceptors (Lipinski definition) is 1. The van der Waals surface area contributed by atoms with Crippen LogP contribution >= 0.6 is 0 Å². The highest BCUT2D eigenvalue weighted by Crippen LogP contribution is 2.24. The summed E-state index contributed by atoms with van der Waals surface area (Å²) >= 11 is 0. The first-order chi connectivity index (χ1) is 11.3. The van der Waals surface area contributed by atoms with Crippen LogP contribution < -0.4 is 0 Å². The van der Waals surface area contributed by atoms with Crippen LogP contribution in [0.1, 0.15) is 10.4 Å². The van der Waals surface area contributed by atoms with Gasteiger partial charge in [0, 0.05) is 0 Å². The van der Waals surface area contributed by atoms with Crippen LogP contribution in [0, 0.1) is 0 Å². The first kappa shape index (κ1) is 14.8. The average molecular weight is 300 g/mol. The predicted molar refractivity (Wildman–Crippen MR) is 94.9 cm³/mol. The largest absolute Gasteiger partial charge is 0.478 e. The van der Waals surface area contributed by atoms with Gasteiger partial charge in [0.15, 0.2) is 0 Å². The quantitative estimate of drug-likeness (QED) is 0.479. The van der Waals surface area contributed by atoms with Crippen LogP contribution in [0.25, 0.3) is 21.5 Å². The standard InChI is InChI=1S/C14H10.C7H6O2/c1-3-7-13-11(5-1)9-10-12-6-2-4-8-14(12)13;8-7(9)6-4-2-1-3-5-6/h1-10H;1-5H,(H,8,9). The smallest absolute Gasteiger partial charge is 0.335 e. The second-order valence-electron chi connectivity index (χ2n) is 5.18. The molecule has 4 aromatic carbocycles. The fourth-order valence-corrected chi connectivity index (χ4v) is 2.54. The van der Waals surface area contributed by atoms with E-state index in [1.54, 1.807) is 30.3 Å². The van der Waals surface area contributed by atoms with E-state index >= 15 is 0 Å². The zero-order chi connectivity index (χ0) is 16.1. The van der Waals surface area contributed by atoms with Crippen molar-refractivity contribution in [3.63, 3.8) is 0 Å². The summed E-state index contributed by atoms with van der Waals surface area (Å²) in [6.07, 6.45) is 0. The molecule has 0 bridgehead atoms. The lowest BCUT2D eigenvalue weighted by molar-refractivity contribution is 0.0697. The fourth-order valence-electron chi connectivity index (χ4n) is 2.54. The molecule has 23 heavy (non-hydrogen) atoms. The lowest BCUT2D eigenvalue weighted by Crippen LogP contribution is -1.93. The average Bonchev–Trinajstić information content (AvgIpc) is 2.63. The lowest BCUT2D eigenvalue weighted by atomic mass is 10.0. The minimum atomic E-state index is -0.879. The summed E-state index contributed by atoms with van der Waals surface area (Å²) in [6, 6.07) is 29.7. The van der Waals surface area contributed by atoms with Gasteiger partial charge in [-0.25, -0.2) is 4.79 Å². The molecule has 112 valence electrons. The maximum atomic E-state index is 10.2. The Morgan fingerprint density at radius 1 is 0.565 bits per heavy atom. The summed E-state index contributed by atoms with van der Waals surface area (Å²) < 4.78 is 0. The van der Waals surface area contributed by atoms with Crippen molar-refractivity contribution in [2.45, 2.75) is 0 Å². The highest BCUT2D eigenvalue weighted by molar-refractivity contribution is 6.07. The third-order valence-corrected chi connectivity index (χ3v) is 3.67. The van der Waals surface area contributed by atoms with Crippen LogP contribution in [0.4, 0.5) is 0 Å². The number of benzene rings is 4. The topological polar surface area (TPSA) is 37.3 Å². The third-order valence-electron chi connectivity index (χ3n) is 3.67. The molecule has 4 rings (SSSR count). The number of carbonyl (C=O) groups is 1. The van der Waals surface area contributed by atoms with Gasteiger partial charge < -0.3 is 5.11 Å². The van der Waals surface area contributed by atoms with E-state index in [9.17, 15) is 4.79 Å². The van der Waals surface area contributed by atoms with Crippen LogP contribution in [-0.4, -0.2) is 11.1 Å². The van der Waals surface area contributed by atoms with Gasteiger partial charge in [-0.05, 0) is 33.7 Å². The first-order valence-corrected chi connectivity index (χ1v) is 7.40. The summed E-state index contributed by atoms with van der Waals surface area (Å²) in [5.74, 6) is -0.879. The molecule has 1 N–H and O–H groups in total.